The Morgan fingerprint density at radius 1 is 1.04 bits per heavy atom. The van der Waals surface area contributed by atoms with Crippen molar-refractivity contribution in [1.29, 1.82) is 0 Å². The fourth-order valence-corrected chi connectivity index (χ4v) is 2.09. The van der Waals surface area contributed by atoms with E-state index in [4.69, 9.17) is 16.3 Å². The van der Waals surface area contributed by atoms with E-state index in [0.29, 0.717) is 16.3 Å². The van der Waals surface area contributed by atoms with Gasteiger partial charge in [-0.1, -0.05) is 54.1 Å². The van der Waals surface area contributed by atoms with Crippen LogP contribution in [0, 0.1) is 0 Å². The molecular formula is C19H17ClN2O3. The molecule has 0 spiro atoms. The molecule has 2 aromatic rings. The van der Waals surface area contributed by atoms with Gasteiger partial charge in [-0.15, -0.1) is 0 Å². The number of nitrogens with one attached hydrogen (secondary N) is 1. The van der Waals surface area contributed by atoms with Crippen molar-refractivity contribution in [3.05, 3.63) is 82.5 Å². The second kappa shape index (κ2) is 8.80. The molecule has 0 unspecified atom stereocenters. The smallest absolute Gasteiger partial charge is 0.356 e. The van der Waals surface area contributed by atoms with Crippen molar-refractivity contribution in [3.63, 3.8) is 0 Å². The summed E-state index contributed by atoms with van der Waals surface area (Å²) < 4.78 is 4.69. The van der Waals surface area contributed by atoms with Gasteiger partial charge in [0, 0.05) is 16.7 Å². The molecule has 0 heterocycles. The van der Waals surface area contributed by atoms with Crippen molar-refractivity contribution in [2.75, 3.05) is 7.11 Å². The summed E-state index contributed by atoms with van der Waals surface area (Å²) in [6.45, 7) is 1.77. The van der Waals surface area contributed by atoms with E-state index in [1.807, 2.05) is 0 Å². The topological polar surface area (TPSA) is 67.8 Å². The average Bonchev–Trinajstić information content (AvgIpc) is 2.65. The lowest BCUT2D eigenvalue weighted by atomic mass is 10.1. The predicted molar refractivity (Wildman–Crippen MR) is 97.7 cm³/mol. The third kappa shape index (κ3) is 5.29. The molecule has 0 atom stereocenters. The van der Waals surface area contributed by atoms with E-state index in [0.717, 1.165) is 5.56 Å². The number of hydrogen-bond acceptors (Lipinski definition) is 5. The lowest BCUT2D eigenvalue weighted by Crippen LogP contribution is -2.20. The number of hydrogen-bond donors (Lipinski definition) is 1. The maximum atomic E-state index is 12.2. The molecule has 0 aromatic heterocycles. The van der Waals surface area contributed by atoms with Gasteiger partial charge in [0.1, 0.15) is 5.70 Å². The number of hydrazone groups is 1. The van der Waals surface area contributed by atoms with Gasteiger partial charge in [0.15, 0.2) is 5.78 Å². The quantitative estimate of drug-likeness (QED) is 0.282. The maximum Gasteiger partial charge on any atom is 0.356 e. The molecule has 0 bridgehead atoms. The summed E-state index contributed by atoms with van der Waals surface area (Å²) in [4.78, 5) is 24.1. The largest absolute Gasteiger partial charge is 0.464 e. The SMILES string of the molecule is COC(=O)/C(=C/C(=O)c1ccccc1)N/N=C(/C)c1ccc(Cl)cc1. The first-order valence-electron chi connectivity index (χ1n) is 7.47. The minimum Gasteiger partial charge on any atom is -0.464 e. The molecule has 0 amide bonds. The zero-order valence-electron chi connectivity index (χ0n) is 13.8. The van der Waals surface area contributed by atoms with Crippen LogP contribution in [0.1, 0.15) is 22.8 Å². The van der Waals surface area contributed by atoms with Crippen LogP contribution in [0.15, 0.2) is 71.5 Å². The van der Waals surface area contributed by atoms with Crippen molar-refractivity contribution < 1.29 is 14.3 Å². The van der Waals surface area contributed by atoms with Crippen molar-refractivity contribution in [3.8, 4) is 0 Å². The Morgan fingerprint density at radius 3 is 2.28 bits per heavy atom. The number of esters is 1. The van der Waals surface area contributed by atoms with Gasteiger partial charge in [0.25, 0.3) is 0 Å². The van der Waals surface area contributed by atoms with E-state index in [2.05, 4.69) is 10.5 Å². The van der Waals surface area contributed by atoms with Crippen LogP contribution in [-0.2, 0) is 9.53 Å². The highest BCUT2D eigenvalue weighted by molar-refractivity contribution is 6.30. The molecule has 0 saturated heterocycles. The molecule has 25 heavy (non-hydrogen) atoms. The van der Waals surface area contributed by atoms with Crippen LogP contribution in [0.3, 0.4) is 0 Å². The molecule has 2 aromatic carbocycles. The number of halogens is 1. The lowest BCUT2D eigenvalue weighted by Gasteiger charge is -2.07. The summed E-state index contributed by atoms with van der Waals surface area (Å²) in [7, 11) is 1.24. The molecule has 2 rings (SSSR count). The highest BCUT2D eigenvalue weighted by Crippen LogP contribution is 2.10. The first kappa shape index (κ1) is 18.4. The van der Waals surface area contributed by atoms with Gasteiger partial charge in [-0.2, -0.15) is 5.10 Å². The first-order chi connectivity index (χ1) is 12.0. The van der Waals surface area contributed by atoms with Crippen LogP contribution < -0.4 is 5.43 Å². The number of ether oxygens (including phenoxy) is 1. The predicted octanol–water partition coefficient (Wildman–Crippen LogP) is 3.59. The Kier molecular flexibility index (Phi) is 6.48. The molecule has 0 aliphatic heterocycles. The number of ketones is 1. The molecular weight excluding hydrogens is 340 g/mol. The molecule has 6 heteroatoms. The van der Waals surface area contributed by atoms with Gasteiger partial charge in [-0.05, 0) is 24.6 Å². The van der Waals surface area contributed by atoms with E-state index < -0.39 is 5.97 Å². The van der Waals surface area contributed by atoms with Crippen LogP contribution in [-0.4, -0.2) is 24.6 Å². The van der Waals surface area contributed by atoms with Gasteiger partial charge >= 0.3 is 5.97 Å². The summed E-state index contributed by atoms with van der Waals surface area (Å²) in [6.07, 6.45) is 1.17. The summed E-state index contributed by atoms with van der Waals surface area (Å²) in [5.41, 5.74) is 4.47. The minimum absolute atomic E-state index is 0.0512. The Morgan fingerprint density at radius 2 is 1.68 bits per heavy atom. The Balaban J connectivity index is 2.22. The number of nitrogens with zero attached hydrogens (tertiary/aromatic N) is 1. The summed E-state index contributed by atoms with van der Waals surface area (Å²) in [5.74, 6) is -1.01. The molecule has 0 fully saturated rings. The Bertz CT molecular complexity index is 812. The second-order valence-corrected chi connectivity index (χ2v) is 5.53. The maximum absolute atomic E-state index is 12.2. The Labute approximate surface area is 151 Å². The molecule has 1 N–H and O–H groups in total. The molecule has 0 radical (unpaired) electrons. The van der Waals surface area contributed by atoms with Crippen molar-refractivity contribution in [2.24, 2.45) is 5.10 Å². The van der Waals surface area contributed by atoms with E-state index in [9.17, 15) is 9.59 Å². The zero-order chi connectivity index (χ0) is 18.2. The molecule has 5 nitrogen and oxygen atoms in total. The van der Waals surface area contributed by atoms with Crippen LogP contribution in [0.25, 0.3) is 0 Å². The number of carbonyl (C=O) groups excluding carboxylic acids is 2. The van der Waals surface area contributed by atoms with E-state index in [1.54, 1.807) is 61.5 Å². The third-order valence-corrected chi connectivity index (χ3v) is 3.60. The van der Waals surface area contributed by atoms with Crippen LogP contribution in [0.5, 0.6) is 0 Å². The fraction of sp³-hybridized carbons (Fsp3) is 0.105. The van der Waals surface area contributed by atoms with Crippen LogP contribution in [0.2, 0.25) is 5.02 Å². The highest BCUT2D eigenvalue weighted by atomic mass is 35.5. The normalized spacial score (nSPS) is 11.8. The van der Waals surface area contributed by atoms with Crippen LogP contribution in [0.4, 0.5) is 0 Å². The molecule has 128 valence electrons. The monoisotopic (exact) mass is 356 g/mol. The number of rotatable bonds is 6. The van der Waals surface area contributed by atoms with Crippen molar-refractivity contribution in [1.82, 2.24) is 5.43 Å². The zero-order valence-corrected chi connectivity index (χ0v) is 14.6. The first-order valence-corrected chi connectivity index (χ1v) is 7.84. The average molecular weight is 357 g/mol. The third-order valence-electron chi connectivity index (χ3n) is 3.35. The van der Waals surface area contributed by atoms with E-state index in [-0.39, 0.29) is 11.5 Å². The van der Waals surface area contributed by atoms with Gasteiger partial charge in [-0.3, -0.25) is 10.2 Å². The van der Waals surface area contributed by atoms with Gasteiger partial charge in [-0.25, -0.2) is 4.79 Å². The van der Waals surface area contributed by atoms with Gasteiger partial charge < -0.3 is 4.74 Å². The summed E-state index contributed by atoms with van der Waals surface area (Å²) >= 11 is 5.86. The van der Waals surface area contributed by atoms with Crippen LogP contribution >= 0.6 is 11.6 Å². The number of carbonyl (C=O) groups is 2. The van der Waals surface area contributed by atoms with E-state index in [1.165, 1.54) is 13.2 Å². The molecule has 0 saturated carbocycles. The van der Waals surface area contributed by atoms with Crippen molar-refractivity contribution in [2.45, 2.75) is 6.92 Å². The number of methoxy groups -OCH3 is 1. The molecule has 0 aliphatic carbocycles. The number of benzene rings is 2. The van der Waals surface area contributed by atoms with Crippen molar-refractivity contribution >= 4 is 29.1 Å². The van der Waals surface area contributed by atoms with E-state index >= 15 is 0 Å². The molecule has 0 aliphatic rings. The fourth-order valence-electron chi connectivity index (χ4n) is 1.96. The lowest BCUT2D eigenvalue weighted by molar-refractivity contribution is -0.136. The standard InChI is InChI=1S/C19H17ClN2O3/c1-13(14-8-10-16(20)11-9-14)21-22-17(19(24)25-2)12-18(23)15-6-4-3-5-7-15/h3-12,22H,1-2H3/b17-12-,21-13-. The Hall–Kier alpha value is -2.92. The number of allylic oxidation sites excluding steroid dienone is 1. The highest BCUT2D eigenvalue weighted by Gasteiger charge is 2.13. The summed E-state index contributed by atoms with van der Waals surface area (Å²) in [5, 5.41) is 4.76. The summed E-state index contributed by atoms with van der Waals surface area (Å²) in [6, 6.07) is 15.7. The second-order valence-electron chi connectivity index (χ2n) is 5.10. The van der Waals surface area contributed by atoms with Gasteiger partial charge in [0.2, 0.25) is 0 Å². The minimum atomic E-state index is -0.683. The van der Waals surface area contributed by atoms with Gasteiger partial charge in [0.05, 0.1) is 12.8 Å².